The Labute approximate surface area is 108 Å². The van der Waals surface area contributed by atoms with Gasteiger partial charge in [-0.05, 0) is 35.1 Å². The molecule has 17 heavy (non-hydrogen) atoms. The number of hydrogen-bond donors (Lipinski definition) is 1. The van der Waals surface area contributed by atoms with Gasteiger partial charge in [0.05, 0.1) is 6.07 Å². The maximum atomic E-state index is 8.60. The van der Waals surface area contributed by atoms with Gasteiger partial charge in [0.1, 0.15) is 0 Å². The molecule has 0 heterocycles. The quantitative estimate of drug-likeness (QED) is 0.832. The van der Waals surface area contributed by atoms with E-state index in [0.717, 1.165) is 18.0 Å². The third-order valence-corrected chi connectivity index (χ3v) is 3.67. The van der Waals surface area contributed by atoms with Crippen LogP contribution in [0.15, 0.2) is 18.2 Å². The standard InChI is InChI=1S/C14H17ClN2/c1-14(2)9-10-4-5-11(15)8-12(10)13(14)17-7-3-6-16/h4-5,8,13,17H,3,7,9H2,1-2H3. The number of nitriles is 1. The molecule has 0 bridgehead atoms. The summed E-state index contributed by atoms with van der Waals surface area (Å²) >= 11 is 6.06. The summed E-state index contributed by atoms with van der Waals surface area (Å²) in [5.74, 6) is 0. The molecule has 2 nitrogen and oxygen atoms in total. The molecule has 0 saturated carbocycles. The second-order valence-electron chi connectivity index (χ2n) is 5.30. The van der Waals surface area contributed by atoms with Crippen LogP contribution in [0.1, 0.15) is 37.4 Å². The first-order chi connectivity index (χ1) is 8.04. The van der Waals surface area contributed by atoms with Crippen molar-refractivity contribution in [2.75, 3.05) is 6.54 Å². The van der Waals surface area contributed by atoms with Crippen LogP contribution in [0, 0.1) is 16.7 Å². The fourth-order valence-electron chi connectivity index (χ4n) is 2.67. The van der Waals surface area contributed by atoms with Gasteiger partial charge < -0.3 is 5.32 Å². The van der Waals surface area contributed by atoms with Gasteiger partial charge in [-0.2, -0.15) is 5.26 Å². The molecule has 1 aromatic rings. The Balaban J connectivity index is 2.24. The van der Waals surface area contributed by atoms with Crippen molar-refractivity contribution in [3.05, 3.63) is 34.3 Å². The summed E-state index contributed by atoms with van der Waals surface area (Å²) in [4.78, 5) is 0. The summed E-state index contributed by atoms with van der Waals surface area (Å²) in [6.07, 6.45) is 1.60. The van der Waals surface area contributed by atoms with E-state index in [0.29, 0.717) is 12.5 Å². The van der Waals surface area contributed by atoms with Crippen molar-refractivity contribution in [2.45, 2.75) is 32.7 Å². The number of hydrogen-bond acceptors (Lipinski definition) is 2. The maximum absolute atomic E-state index is 8.60. The van der Waals surface area contributed by atoms with Crippen molar-refractivity contribution in [3.63, 3.8) is 0 Å². The molecular weight excluding hydrogens is 232 g/mol. The summed E-state index contributed by atoms with van der Waals surface area (Å²) < 4.78 is 0. The van der Waals surface area contributed by atoms with Gasteiger partial charge >= 0.3 is 0 Å². The van der Waals surface area contributed by atoms with Crippen LogP contribution in [0.25, 0.3) is 0 Å². The van der Waals surface area contributed by atoms with Gasteiger partial charge in [-0.15, -0.1) is 0 Å². The third-order valence-electron chi connectivity index (χ3n) is 3.43. The molecule has 3 heteroatoms. The van der Waals surface area contributed by atoms with Crippen LogP contribution in [0.2, 0.25) is 5.02 Å². The van der Waals surface area contributed by atoms with Gasteiger partial charge in [-0.25, -0.2) is 0 Å². The molecule has 0 radical (unpaired) electrons. The lowest BCUT2D eigenvalue weighted by Crippen LogP contribution is -2.31. The van der Waals surface area contributed by atoms with Crippen molar-refractivity contribution >= 4 is 11.6 Å². The molecule has 0 aliphatic heterocycles. The molecule has 0 fully saturated rings. The van der Waals surface area contributed by atoms with Gasteiger partial charge in [0, 0.05) is 24.0 Å². The molecule has 0 spiro atoms. The van der Waals surface area contributed by atoms with Gasteiger partial charge in [0.25, 0.3) is 0 Å². The lowest BCUT2D eigenvalue weighted by atomic mass is 9.85. The zero-order chi connectivity index (χ0) is 12.5. The maximum Gasteiger partial charge on any atom is 0.0635 e. The smallest absolute Gasteiger partial charge is 0.0635 e. The molecule has 1 aliphatic carbocycles. The second kappa shape index (κ2) is 4.68. The first-order valence-corrected chi connectivity index (χ1v) is 6.31. The van der Waals surface area contributed by atoms with Crippen molar-refractivity contribution in [1.82, 2.24) is 5.32 Å². The van der Waals surface area contributed by atoms with E-state index in [1.165, 1.54) is 11.1 Å². The molecule has 1 atom stereocenters. The first kappa shape index (κ1) is 12.4. The van der Waals surface area contributed by atoms with Crippen LogP contribution in [-0.2, 0) is 6.42 Å². The summed E-state index contributed by atoms with van der Waals surface area (Å²) in [5, 5.41) is 12.9. The Morgan fingerprint density at radius 1 is 1.53 bits per heavy atom. The van der Waals surface area contributed by atoms with E-state index in [4.69, 9.17) is 16.9 Å². The lowest BCUT2D eigenvalue weighted by Gasteiger charge is -2.28. The second-order valence-corrected chi connectivity index (χ2v) is 5.74. The number of nitrogens with zero attached hydrogens (tertiary/aromatic N) is 1. The van der Waals surface area contributed by atoms with Crippen molar-refractivity contribution in [1.29, 1.82) is 5.26 Å². The molecule has 0 aromatic heterocycles. The summed E-state index contributed by atoms with van der Waals surface area (Å²) in [5.41, 5.74) is 2.84. The van der Waals surface area contributed by atoms with Crippen LogP contribution in [0.4, 0.5) is 0 Å². The number of halogens is 1. The molecular formula is C14H17ClN2. The van der Waals surface area contributed by atoms with Gasteiger partial charge in [-0.1, -0.05) is 31.5 Å². The number of rotatable bonds is 3. The predicted molar refractivity (Wildman–Crippen MR) is 69.9 cm³/mol. The van der Waals surface area contributed by atoms with E-state index in [9.17, 15) is 0 Å². The average molecular weight is 249 g/mol. The Morgan fingerprint density at radius 2 is 2.29 bits per heavy atom. The van der Waals surface area contributed by atoms with E-state index < -0.39 is 0 Å². The van der Waals surface area contributed by atoms with Crippen LogP contribution in [-0.4, -0.2) is 6.54 Å². The van der Waals surface area contributed by atoms with Crippen LogP contribution < -0.4 is 5.32 Å². The zero-order valence-electron chi connectivity index (χ0n) is 10.3. The molecule has 2 rings (SSSR count). The highest BCUT2D eigenvalue weighted by molar-refractivity contribution is 6.30. The molecule has 90 valence electrons. The van der Waals surface area contributed by atoms with Crippen LogP contribution >= 0.6 is 11.6 Å². The Hall–Kier alpha value is -1.04. The number of benzene rings is 1. The minimum absolute atomic E-state index is 0.183. The molecule has 1 aliphatic rings. The monoisotopic (exact) mass is 248 g/mol. The number of fused-ring (bicyclic) bond motifs is 1. The normalized spacial score (nSPS) is 20.9. The highest BCUT2D eigenvalue weighted by Crippen LogP contribution is 2.45. The van der Waals surface area contributed by atoms with E-state index >= 15 is 0 Å². The van der Waals surface area contributed by atoms with Crippen LogP contribution in [0.3, 0.4) is 0 Å². The number of nitrogens with one attached hydrogen (secondary N) is 1. The van der Waals surface area contributed by atoms with E-state index in [1.54, 1.807) is 0 Å². The summed E-state index contributed by atoms with van der Waals surface area (Å²) in [6.45, 7) is 5.24. The average Bonchev–Trinajstić information content (AvgIpc) is 2.50. The fraction of sp³-hybridized carbons (Fsp3) is 0.500. The Morgan fingerprint density at radius 3 is 3.00 bits per heavy atom. The summed E-state index contributed by atoms with van der Waals surface area (Å²) in [6, 6.07) is 8.58. The zero-order valence-corrected chi connectivity index (χ0v) is 11.0. The fourth-order valence-corrected chi connectivity index (χ4v) is 2.85. The lowest BCUT2D eigenvalue weighted by molar-refractivity contribution is 0.271. The van der Waals surface area contributed by atoms with Crippen molar-refractivity contribution < 1.29 is 0 Å². The van der Waals surface area contributed by atoms with Gasteiger partial charge in [-0.3, -0.25) is 0 Å². The molecule has 0 amide bonds. The topological polar surface area (TPSA) is 35.8 Å². The Bertz CT molecular complexity index is 460. The largest absolute Gasteiger partial charge is 0.308 e. The highest BCUT2D eigenvalue weighted by Gasteiger charge is 2.38. The molecule has 1 unspecified atom stereocenters. The molecule has 1 N–H and O–H groups in total. The SMILES string of the molecule is CC1(C)Cc2ccc(Cl)cc2C1NCCC#N. The van der Waals surface area contributed by atoms with Gasteiger partial charge in [0.15, 0.2) is 0 Å². The minimum Gasteiger partial charge on any atom is -0.308 e. The van der Waals surface area contributed by atoms with E-state index in [1.807, 2.05) is 6.07 Å². The molecule has 0 saturated heterocycles. The van der Waals surface area contributed by atoms with E-state index in [-0.39, 0.29) is 5.41 Å². The predicted octanol–water partition coefficient (Wildman–Crippen LogP) is 3.47. The first-order valence-electron chi connectivity index (χ1n) is 5.93. The highest BCUT2D eigenvalue weighted by atomic mass is 35.5. The Kier molecular flexibility index (Phi) is 3.42. The van der Waals surface area contributed by atoms with Crippen molar-refractivity contribution in [3.8, 4) is 6.07 Å². The van der Waals surface area contributed by atoms with Crippen molar-refractivity contribution in [2.24, 2.45) is 5.41 Å². The third kappa shape index (κ3) is 2.46. The van der Waals surface area contributed by atoms with Crippen LogP contribution in [0.5, 0.6) is 0 Å². The summed E-state index contributed by atoms with van der Waals surface area (Å²) in [7, 11) is 0. The minimum atomic E-state index is 0.183. The van der Waals surface area contributed by atoms with Gasteiger partial charge in [0.2, 0.25) is 0 Å². The van der Waals surface area contributed by atoms with E-state index in [2.05, 4.69) is 37.4 Å². The molecule has 1 aromatic carbocycles.